The first-order valence-corrected chi connectivity index (χ1v) is 7.78. The number of carbonyl (C=O) groups excluding carboxylic acids is 1. The predicted molar refractivity (Wildman–Crippen MR) is 85.3 cm³/mol. The second-order valence-electron chi connectivity index (χ2n) is 5.78. The number of pyridine rings is 1. The molecule has 0 radical (unpaired) electrons. The van der Waals surface area contributed by atoms with E-state index in [1.54, 1.807) is 6.07 Å². The number of carbonyl (C=O) groups is 1. The molecule has 1 aliphatic rings. The van der Waals surface area contributed by atoms with Gasteiger partial charge in [-0.1, -0.05) is 6.07 Å². The smallest absolute Gasteiger partial charge is 0.416 e. The normalized spacial score (nSPS) is 18.4. The van der Waals surface area contributed by atoms with E-state index in [0.29, 0.717) is 25.1 Å². The highest BCUT2D eigenvalue weighted by Crippen LogP contribution is 2.34. The number of hydrogen-bond acceptors (Lipinski definition) is 5. The van der Waals surface area contributed by atoms with Gasteiger partial charge in [0.2, 0.25) is 0 Å². The van der Waals surface area contributed by atoms with Gasteiger partial charge in [0.25, 0.3) is 0 Å². The fourth-order valence-corrected chi connectivity index (χ4v) is 2.92. The molecule has 1 aliphatic heterocycles. The van der Waals surface area contributed by atoms with Crippen LogP contribution in [-0.2, 0) is 20.4 Å². The van der Waals surface area contributed by atoms with Crippen LogP contribution >= 0.6 is 0 Å². The monoisotopic (exact) mass is 354 g/mol. The Kier molecular flexibility index (Phi) is 4.80. The zero-order chi connectivity index (χ0) is 18.0. The van der Waals surface area contributed by atoms with Crippen LogP contribution in [0.4, 0.5) is 18.9 Å². The van der Waals surface area contributed by atoms with Gasteiger partial charge in [0.1, 0.15) is 0 Å². The number of anilines is 1. The van der Waals surface area contributed by atoms with Crippen LogP contribution in [0.3, 0.4) is 0 Å². The summed E-state index contributed by atoms with van der Waals surface area (Å²) >= 11 is 0. The van der Waals surface area contributed by atoms with E-state index in [-0.39, 0.29) is 24.0 Å². The Hall–Kier alpha value is -2.35. The molecule has 3 rings (SSSR count). The van der Waals surface area contributed by atoms with Crippen LogP contribution in [-0.4, -0.2) is 43.9 Å². The number of alkyl halides is 3. The third-order valence-corrected chi connectivity index (χ3v) is 4.15. The Labute approximate surface area is 142 Å². The Morgan fingerprint density at radius 3 is 2.92 bits per heavy atom. The molecule has 1 unspecified atom stereocenters. The van der Waals surface area contributed by atoms with E-state index in [9.17, 15) is 18.0 Å². The molecule has 1 fully saturated rings. The molecular weight excluding hydrogens is 337 g/mol. The second kappa shape index (κ2) is 6.87. The highest BCUT2D eigenvalue weighted by Gasteiger charge is 2.31. The highest BCUT2D eigenvalue weighted by molar-refractivity contribution is 5.92. The summed E-state index contributed by atoms with van der Waals surface area (Å²) in [5, 5.41) is 0.634. The number of rotatable bonds is 3. The Bertz CT molecular complexity index is 779. The number of nitrogens with zero attached hydrogens (tertiary/aromatic N) is 2. The first kappa shape index (κ1) is 17.5. The minimum atomic E-state index is -4.41. The van der Waals surface area contributed by atoms with E-state index >= 15 is 0 Å². The lowest BCUT2D eigenvalue weighted by atomic mass is 10.1. The summed E-state index contributed by atoms with van der Waals surface area (Å²) in [5.74, 6) is -0.360. The molecule has 1 aromatic heterocycles. The molecule has 0 aliphatic carbocycles. The first-order chi connectivity index (χ1) is 11.9. The summed E-state index contributed by atoms with van der Waals surface area (Å²) in [6.45, 7) is 1.46. The molecule has 0 N–H and O–H groups in total. The van der Waals surface area contributed by atoms with Gasteiger partial charge in [-0.3, -0.25) is 9.78 Å². The molecule has 2 heterocycles. The van der Waals surface area contributed by atoms with Gasteiger partial charge < -0.3 is 14.4 Å². The maximum absolute atomic E-state index is 12.9. The number of benzene rings is 1. The zero-order valence-corrected chi connectivity index (χ0v) is 13.5. The van der Waals surface area contributed by atoms with Crippen LogP contribution in [0.2, 0.25) is 0 Å². The average molecular weight is 354 g/mol. The van der Waals surface area contributed by atoms with Crippen molar-refractivity contribution in [2.45, 2.75) is 18.7 Å². The SMILES string of the molecule is COC(=O)CC1CN(c2ccnc3cc(C(F)(F)F)ccc23)CCO1. The predicted octanol–water partition coefficient (Wildman–Crippen LogP) is 3.02. The Morgan fingerprint density at radius 1 is 1.40 bits per heavy atom. The van der Waals surface area contributed by atoms with Crippen molar-refractivity contribution in [1.82, 2.24) is 4.98 Å². The Balaban J connectivity index is 1.89. The molecule has 5 nitrogen and oxygen atoms in total. The molecule has 1 aromatic carbocycles. The number of halogens is 3. The summed E-state index contributed by atoms with van der Waals surface area (Å²) in [5.41, 5.74) is 0.329. The number of morpholine rings is 1. The van der Waals surface area contributed by atoms with Crippen LogP contribution < -0.4 is 4.90 Å². The summed E-state index contributed by atoms with van der Waals surface area (Å²) in [6, 6.07) is 5.30. The molecule has 0 saturated carbocycles. The van der Waals surface area contributed by atoms with Gasteiger partial charge in [-0.15, -0.1) is 0 Å². The average Bonchev–Trinajstić information content (AvgIpc) is 2.60. The van der Waals surface area contributed by atoms with Crippen molar-refractivity contribution >= 4 is 22.6 Å². The maximum Gasteiger partial charge on any atom is 0.416 e. The number of esters is 1. The molecule has 134 valence electrons. The fourth-order valence-electron chi connectivity index (χ4n) is 2.92. The lowest BCUT2D eigenvalue weighted by Gasteiger charge is -2.34. The summed E-state index contributed by atoms with van der Waals surface area (Å²) in [4.78, 5) is 17.5. The summed E-state index contributed by atoms with van der Waals surface area (Å²) in [7, 11) is 1.32. The molecule has 8 heteroatoms. The molecule has 25 heavy (non-hydrogen) atoms. The topological polar surface area (TPSA) is 51.7 Å². The maximum atomic E-state index is 12.9. The number of methoxy groups -OCH3 is 1. The number of fused-ring (bicyclic) bond motifs is 1. The van der Waals surface area contributed by atoms with Crippen LogP contribution in [0.15, 0.2) is 30.5 Å². The molecular formula is C17H17F3N2O3. The van der Waals surface area contributed by atoms with E-state index in [2.05, 4.69) is 9.72 Å². The van der Waals surface area contributed by atoms with E-state index < -0.39 is 11.7 Å². The van der Waals surface area contributed by atoms with Gasteiger partial charge in [-0.2, -0.15) is 13.2 Å². The number of ether oxygens (including phenoxy) is 2. The first-order valence-electron chi connectivity index (χ1n) is 7.78. The third-order valence-electron chi connectivity index (χ3n) is 4.15. The van der Waals surface area contributed by atoms with Crippen molar-refractivity contribution in [1.29, 1.82) is 0 Å². The van der Waals surface area contributed by atoms with E-state index in [1.807, 2.05) is 4.90 Å². The third kappa shape index (κ3) is 3.84. The van der Waals surface area contributed by atoms with Crippen LogP contribution in [0, 0.1) is 0 Å². The Morgan fingerprint density at radius 2 is 2.20 bits per heavy atom. The lowest BCUT2D eigenvalue weighted by Crippen LogP contribution is -2.43. The number of hydrogen-bond donors (Lipinski definition) is 0. The minimum Gasteiger partial charge on any atom is -0.469 e. The van der Waals surface area contributed by atoms with Crippen LogP contribution in [0.25, 0.3) is 10.9 Å². The van der Waals surface area contributed by atoms with Gasteiger partial charge in [0.15, 0.2) is 0 Å². The second-order valence-corrected chi connectivity index (χ2v) is 5.78. The van der Waals surface area contributed by atoms with Crippen molar-refractivity contribution in [3.63, 3.8) is 0 Å². The van der Waals surface area contributed by atoms with Crippen LogP contribution in [0.5, 0.6) is 0 Å². The van der Waals surface area contributed by atoms with Crippen molar-refractivity contribution in [3.8, 4) is 0 Å². The molecule has 2 aromatic rings. The van der Waals surface area contributed by atoms with E-state index in [1.165, 1.54) is 19.4 Å². The van der Waals surface area contributed by atoms with Crippen molar-refractivity contribution < 1.29 is 27.4 Å². The molecule has 0 spiro atoms. The highest BCUT2D eigenvalue weighted by atomic mass is 19.4. The summed E-state index contributed by atoms with van der Waals surface area (Å²) in [6.07, 6.45) is -3.10. The lowest BCUT2D eigenvalue weighted by molar-refractivity contribution is -0.144. The zero-order valence-electron chi connectivity index (χ0n) is 13.5. The largest absolute Gasteiger partial charge is 0.469 e. The number of aromatic nitrogens is 1. The molecule has 1 atom stereocenters. The van der Waals surface area contributed by atoms with Gasteiger partial charge in [0, 0.05) is 30.4 Å². The van der Waals surface area contributed by atoms with Crippen molar-refractivity contribution in [2.75, 3.05) is 31.7 Å². The van der Waals surface area contributed by atoms with Gasteiger partial charge in [0.05, 0.1) is 37.3 Å². The van der Waals surface area contributed by atoms with Crippen molar-refractivity contribution in [2.24, 2.45) is 0 Å². The quantitative estimate of drug-likeness (QED) is 0.793. The van der Waals surface area contributed by atoms with Crippen molar-refractivity contribution in [3.05, 3.63) is 36.0 Å². The van der Waals surface area contributed by atoms with E-state index in [4.69, 9.17) is 4.74 Å². The van der Waals surface area contributed by atoms with E-state index in [0.717, 1.165) is 17.8 Å². The van der Waals surface area contributed by atoms with Gasteiger partial charge in [-0.25, -0.2) is 0 Å². The fraction of sp³-hybridized carbons (Fsp3) is 0.412. The minimum absolute atomic E-state index is 0.133. The van der Waals surface area contributed by atoms with Gasteiger partial charge in [-0.05, 0) is 18.2 Å². The molecule has 1 saturated heterocycles. The standard InChI is InChI=1S/C17H17F3N2O3/c1-24-16(23)9-12-10-22(6-7-25-12)15-4-5-21-14-8-11(17(18,19)20)2-3-13(14)15/h2-5,8,12H,6-7,9-10H2,1H3. The van der Waals surface area contributed by atoms with Gasteiger partial charge >= 0.3 is 12.1 Å². The summed E-state index contributed by atoms with van der Waals surface area (Å²) < 4.78 is 48.9. The van der Waals surface area contributed by atoms with Crippen LogP contribution in [0.1, 0.15) is 12.0 Å². The molecule has 0 amide bonds. The molecule has 0 bridgehead atoms.